The van der Waals surface area contributed by atoms with Crippen molar-refractivity contribution in [2.45, 2.75) is 31.6 Å². The molecule has 9 nitrogen and oxygen atoms in total. The number of aryl methyl sites for hydroxylation is 1. The molecule has 0 atom stereocenters. The normalized spacial score (nSPS) is 11.3. The second-order valence-corrected chi connectivity index (χ2v) is 8.35. The molecule has 0 saturated heterocycles. The summed E-state index contributed by atoms with van der Waals surface area (Å²) in [6.07, 6.45) is 3.39. The number of hydrogen-bond acceptors (Lipinski definition) is 5. The summed E-state index contributed by atoms with van der Waals surface area (Å²) >= 11 is 0. The molecule has 1 aromatic carbocycles. The van der Waals surface area contributed by atoms with E-state index in [1.165, 1.54) is 24.3 Å². The van der Waals surface area contributed by atoms with E-state index in [1.54, 1.807) is 29.7 Å². The number of carbonyl (C=O) groups excluding carboxylic acids is 2. The van der Waals surface area contributed by atoms with Crippen molar-refractivity contribution < 1.29 is 18.0 Å². The quantitative estimate of drug-likeness (QED) is 0.499. The fourth-order valence-corrected chi connectivity index (χ4v) is 3.82. The number of fused-ring (bicyclic) bond motifs is 1. The highest BCUT2D eigenvalue weighted by molar-refractivity contribution is 7.90. The number of amides is 3. The van der Waals surface area contributed by atoms with E-state index in [1.807, 2.05) is 17.7 Å². The number of imidazole rings is 1. The zero-order valence-electron chi connectivity index (χ0n) is 16.7. The van der Waals surface area contributed by atoms with Crippen molar-refractivity contribution >= 4 is 33.3 Å². The van der Waals surface area contributed by atoms with Gasteiger partial charge >= 0.3 is 6.03 Å². The van der Waals surface area contributed by atoms with Crippen LogP contribution in [0.2, 0.25) is 0 Å². The molecular formula is C20H23N5O4S. The van der Waals surface area contributed by atoms with Crippen LogP contribution in [0.4, 0.5) is 10.5 Å². The molecule has 3 rings (SSSR count). The summed E-state index contributed by atoms with van der Waals surface area (Å²) in [5.41, 5.74) is 2.05. The maximum Gasteiger partial charge on any atom is 0.328 e. The topological polar surface area (TPSA) is 122 Å². The molecule has 30 heavy (non-hydrogen) atoms. The first-order chi connectivity index (χ1) is 14.3. The van der Waals surface area contributed by atoms with Gasteiger partial charge in [0.05, 0.1) is 10.6 Å². The summed E-state index contributed by atoms with van der Waals surface area (Å²) < 4.78 is 28.3. The van der Waals surface area contributed by atoms with E-state index in [2.05, 4.69) is 15.6 Å². The number of anilines is 1. The third-order valence-corrected chi connectivity index (χ3v) is 5.73. The van der Waals surface area contributed by atoms with Crippen LogP contribution >= 0.6 is 0 Å². The van der Waals surface area contributed by atoms with Crippen LogP contribution in [-0.2, 0) is 10.0 Å². The molecule has 0 aliphatic heterocycles. The van der Waals surface area contributed by atoms with E-state index in [4.69, 9.17) is 0 Å². The Morgan fingerprint density at radius 2 is 1.83 bits per heavy atom. The average Bonchev–Trinajstić information content (AvgIpc) is 3.04. The molecule has 3 N–H and O–H groups in total. The fraction of sp³-hybridized carbons (Fsp3) is 0.250. The predicted octanol–water partition coefficient (Wildman–Crippen LogP) is 2.68. The van der Waals surface area contributed by atoms with Crippen molar-refractivity contribution in [1.29, 1.82) is 0 Å². The number of aromatic nitrogens is 2. The van der Waals surface area contributed by atoms with Crippen molar-refractivity contribution in [3.8, 4) is 0 Å². The molecule has 158 valence electrons. The number of unbranched alkanes of at least 4 members (excludes halogenated alkanes) is 1. The van der Waals surface area contributed by atoms with Gasteiger partial charge in [0.25, 0.3) is 15.9 Å². The lowest BCUT2D eigenvalue weighted by Crippen LogP contribution is -2.39. The Morgan fingerprint density at radius 3 is 2.53 bits per heavy atom. The smallest absolute Gasteiger partial charge is 0.328 e. The molecule has 0 fully saturated rings. The van der Waals surface area contributed by atoms with Gasteiger partial charge in [0.15, 0.2) is 0 Å². The van der Waals surface area contributed by atoms with E-state index in [0.29, 0.717) is 29.3 Å². The standard InChI is InChI=1S/C20H23N5O4S/c1-3-4-12-21-20(27)24-30(28,29)16-10-8-15(9-11-16)23-19(26)18-14(2)22-17-7-5-6-13-25(17)18/h5-11,13H,3-4,12H2,1-2H3,(H,23,26)(H2,21,24,27). The van der Waals surface area contributed by atoms with Crippen molar-refractivity contribution in [2.24, 2.45) is 0 Å². The number of pyridine rings is 1. The van der Waals surface area contributed by atoms with Gasteiger partial charge in [-0.15, -0.1) is 0 Å². The third kappa shape index (κ3) is 4.77. The first-order valence-corrected chi connectivity index (χ1v) is 11.0. The minimum Gasteiger partial charge on any atom is -0.337 e. The largest absolute Gasteiger partial charge is 0.337 e. The Kier molecular flexibility index (Phi) is 6.36. The molecule has 2 heterocycles. The molecule has 0 aliphatic rings. The molecule has 0 aliphatic carbocycles. The lowest BCUT2D eigenvalue weighted by molar-refractivity contribution is 0.102. The minimum atomic E-state index is -4.01. The highest BCUT2D eigenvalue weighted by Crippen LogP contribution is 2.17. The highest BCUT2D eigenvalue weighted by Gasteiger charge is 2.19. The monoisotopic (exact) mass is 429 g/mol. The molecule has 3 amide bonds. The Hall–Kier alpha value is -3.40. The maximum absolute atomic E-state index is 12.7. The van der Waals surface area contributed by atoms with E-state index < -0.39 is 16.1 Å². The molecular weight excluding hydrogens is 406 g/mol. The number of hydrogen-bond donors (Lipinski definition) is 3. The van der Waals surface area contributed by atoms with E-state index >= 15 is 0 Å². The Bertz CT molecular complexity index is 1170. The number of carbonyl (C=O) groups is 2. The van der Waals surface area contributed by atoms with Crippen LogP contribution in [0, 0.1) is 6.92 Å². The first kappa shape index (κ1) is 21.3. The number of nitrogens with zero attached hydrogens (tertiary/aromatic N) is 2. The Morgan fingerprint density at radius 1 is 1.10 bits per heavy atom. The summed E-state index contributed by atoms with van der Waals surface area (Å²) in [4.78, 5) is 28.7. The first-order valence-electron chi connectivity index (χ1n) is 9.47. The van der Waals surface area contributed by atoms with Crippen LogP contribution in [0.3, 0.4) is 0 Å². The van der Waals surface area contributed by atoms with Gasteiger partial charge in [0.1, 0.15) is 11.3 Å². The van der Waals surface area contributed by atoms with Crippen LogP contribution in [0.5, 0.6) is 0 Å². The van der Waals surface area contributed by atoms with E-state index in [9.17, 15) is 18.0 Å². The summed E-state index contributed by atoms with van der Waals surface area (Å²) in [7, 11) is -4.01. The van der Waals surface area contributed by atoms with Gasteiger partial charge in [-0.2, -0.15) is 0 Å². The third-order valence-electron chi connectivity index (χ3n) is 4.38. The summed E-state index contributed by atoms with van der Waals surface area (Å²) in [5.74, 6) is -0.366. The highest BCUT2D eigenvalue weighted by atomic mass is 32.2. The van der Waals surface area contributed by atoms with Crippen molar-refractivity contribution in [3.05, 3.63) is 60.0 Å². The van der Waals surface area contributed by atoms with Gasteiger partial charge in [0.2, 0.25) is 0 Å². The molecule has 3 aromatic rings. The SMILES string of the molecule is CCCCNC(=O)NS(=O)(=O)c1ccc(NC(=O)c2c(C)nc3ccccn23)cc1. The predicted molar refractivity (Wildman–Crippen MR) is 113 cm³/mol. The van der Waals surface area contributed by atoms with Crippen molar-refractivity contribution in [2.75, 3.05) is 11.9 Å². The van der Waals surface area contributed by atoms with E-state index in [0.717, 1.165) is 12.8 Å². The second-order valence-electron chi connectivity index (χ2n) is 6.67. The minimum absolute atomic E-state index is 0.0860. The zero-order chi connectivity index (χ0) is 21.7. The number of sulfonamides is 1. The lowest BCUT2D eigenvalue weighted by Gasteiger charge is -2.10. The number of rotatable bonds is 7. The molecule has 0 spiro atoms. The molecule has 0 unspecified atom stereocenters. The Labute approximate surface area is 174 Å². The van der Waals surface area contributed by atoms with Gasteiger partial charge in [-0.1, -0.05) is 19.4 Å². The van der Waals surface area contributed by atoms with Crippen LogP contribution < -0.4 is 15.4 Å². The van der Waals surface area contributed by atoms with Crippen molar-refractivity contribution in [1.82, 2.24) is 19.4 Å². The van der Waals surface area contributed by atoms with Crippen LogP contribution in [0.25, 0.3) is 5.65 Å². The maximum atomic E-state index is 12.7. The Balaban J connectivity index is 1.70. The van der Waals surface area contributed by atoms with Gasteiger partial charge in [-0.25, -0.2) is 22.9 Å². The van der Waals surface area contributed by atoms with E-state index in [-0.39, 0.29) is 10.8 Å². The molecule has 10 heteroatoms. The van der Waals surface area contributed by atoms with Crippen molar-refractivity contribution in [3.63, 3.8) is 0 Å². The number of benzene rings is 1. The zero-order valence-corrected chi connectivity index (χ0v) is 17.5. The molecule has 0 radical (unpaired) electrons. The number of nitrogens with one attached hydrogen (secondary N) is 3. The van der Waals surface area contributed by atoms with Crippen LogP contribution in [0.1, 0.15) is 35.9 Å². The summed E-state index contributed by atoms with van der Waals surface area (Å²) in [6.45, 7) is 4.10. The number of urea groups is 1. The molecule has 2 aromatic heterocycles. The molecule has 0 saturated carbocycles. The average molecular weight is 430 g/mol. The summed E-state index contributed by atoms with van der Waals surface area (Å²) in [5, 5.41) is 5.22. The molecule has 0 bridgehead atoms. The van der Waals surface area contributed by atoms with Crippen LogP contribution in [-0.4, -0.2) is 36.3 Å². The van der Waals surface area contributed by atoms with Gasteiger partial charge in [-0.3, -0.25) is 9.20 Å². The second kappa shape index (κ2) is 8.95. The van der Waals surface area contributed by atoms with Gasteiger partial charge in [0, 0.05) is 18.4 Å². The lowest BCUT2D eigenvalue weighted by atomic mass is 10.3. The van der Waals surface area contributed by atoms with Crippen LogP contribution in [0.15, 0.2) is 53.6 Å². The van der Waals surface area contributed by atoms with Gasteiger partial charge in [-0.05, 0) is 49.7 Å². The van der Waals surface area contributed by atoms with Gasteiger partial charge < -0.3 is 10.6 Å². The fourth-order valence-electron chi connectivity index (χ4n) is 2.89. The summed E-state index contributed by atoms with van der Waals surface area (Å²) in [6, 6.07) is 10.2.